The lowest BCUT2D eigenvalue weighted by Gasteiger charge is -2.12. The highest BCUT2D eigenvalue weighted by molar-refractivity contribution is 7.80. The molecule has 0 aliphatic rings. The van der Waals surface area contributed by atoms with Gasteiger partial charge in [-0.15, -0.1) is 0 Å². The van der Waals surface area contributed by atoms with E-state index in [4.69, 9.17) is 4.74 Å². The first-order valence-corrected chi connectivity index (χ1v) is 9.12. The molecule has 0 radical (unpaired) electrons. The monoisotopic (exact) mass is 399 g/mol. The van der Waals surface area contributed by atoms with Crippen LogP contribution in [0.25, 0.3) is 21.9 Å². The van der Waals surface area contributed by atoms with Crippen LogP contribution >= 0.6 is 12.6 Å². The second-order valence-electron chi connectivity index (χ2n) is 6.55. The molecule has 0 spiro atoms. The van der Waals surface area contributed by atoms with Crippen molar-refractivity contribution in [3.8, 4) is 5.75 Å². The van der Waals surface area contributed by atoms with Gasteiger partial charge >= 0.3 is 16.4 Å². The molecule has 2 aromatic heterocycles. The van der Waals surface area contributed by atoms with Gasteiger partial charge in [-0.25, -0.2) is 14.3 Å². The van der Waals surface area contributed by atoms with Gasteiger partial charge in [0.1, 0.15) is 25.0 Å². The number of ether oxygens (including phenoxy) is 1. The Morgan fingerprint density at radius 3 is 2.71 bits per heavy atom. The summed E-state index contributed by atoms with van der Waals surface area (Å²) in [6, 6.07) is 13.6. The van der Waals surface area contributed by atoms with Gasteiger partial charge in [0.05, 0.1) is 0 Å². The predicted molar refractivity (Wildman–Crippen MR) is 107 cm³/mol. The number of aromatic nitrogens is 4. The van der Waals surface area contributed by atoms with Crippen LogP contribution in [0.15, 0.2) is 57.2 Å². The number of aromatic amines is 2. The first kappa shape index (κ1) is 18.3. The number of imidazole rings is 1. The molecule has 3 N–H and O–H groups in total. The van der Waals surface area contributed by atoms with Crippen LogP contribution in [0.1, 0.15) is 0 Å². The SMILES string of the molecule is Cn1c(=O)[nH]c(=O)c2c1[nH]c(S)[n+]2CC(O)COc1ccc2ccccc2c1. The van der Waals surface area contributed by atoms with E-state index in [9.17, 15) is 14.7 Å². The number of H-pyrrole nitrogens is 2. The second-order valence-corrected chi connectivity index (χ2v) is 6.97. The molecule has 0 saturated heterocycles. The minimum atomic E-state index is -0.891. The van der Waals surface area contributed by atoms with Gasteiger partial charge in [0.15, 0.2) is 0 Å². The first-order valence-electron chi connectivity index (χ1n) is 8.67. The van der Waals surface area contributed by atoms with E-state index in [2.05, 4.69) is 22.6 Å². The summed E-state index contributed by atoms with van der Waals surface area (Å²) in [5, 5.41) is 12.9. The molecule has 0 aliphatic carbocycles. The summed E-state index contributed by atoms with van der Waals surface area (Å²) in [5.41, 5.74) is -0.505. The van der Waals surface area contributed by atoms with Crippen LogP contribution in [0.2, 0.25) is 0 Å². The maximum Gasteiger partial charge on any atom is 0.331 e. The highest BCUT2D eigenvalue weighted by Gasteiger charge is 2.24. The number of hydrogen-bond donors (Lipinski definition) is 4. The van der Waals surface area contributed by atoms with Crippen molar-refractivity contribution < 1.29 is 14.4 Å². The van der Waals surface area contributed by atoms with E-state index in [0.29, 0.717) is 16.6 Å². The van der Waals surface area contributed by atoms with Crippen LogP contribution in [-0.4, -0.2) is 32.4 Å². The van der Waals surface area contributed by atoms with Crippen molar-refractivity contribution >= 4 is 34.6 Å². The lowest BCUT2D eigenvalue weighted by Crippen LogP contribution is -2.46. The number of nitrogens with zero attached hydrogens (tertiary/aromatic N) is 2. The van der Waals surface area contributed by atoms with Crippen LogP contribution in [0.5, 0.6) is 5.75 Å². The molecule has 2 heterocycles. The summed E-state index contributed by atoms with van der Waals surface area (Å²) in [6.45, 7) is 0.114. The van der Waals surface area contributed by atoms with Gasteiger partial charge in [-0.1, -0.05) is 43.0 Å². The Hall–Kier alpha value is -3.04. The Kier molecular flexibility index (Phi) is 4.70. The van der Waals surface area contributed by atoms with Crippen LogP contribution in [0.4, 0.5) is 0 Å². The lowest BCUT2D eigenvalue weighted by atomic mass is 10.1. The number of fused-ring (bicyclic) bond motifs is 2. The van der Waals surface area contributed by atoms with E-state index in [0.717, 1.165) is 10.8 Å². The largest absolute Gasteiger partial charge is 0.491 e. The number of thiol groups is 1. The average Bonchev–Trinajstić information content (AvgIpc) is 3.01. The number of aryl methyl sites for hydroxylation is 1. The fourth-order valence-electron chi connectivity index (χ4n) is 3.17. The Balaban J connectivity index is 1.54. The van der Waals surface area contributed by atoms with E-state index >= 15 is 0 Å². The lowest BCUT2D eigenvalue weighted by molar-refractivity contribution is -0.715. The molecule has 144 valence electrons. The third-order valence-electron chi connectivity index (χ3n) is 4.61. The third-order valence-corrected chi connectivity index (χ3v) is 4.97. The quantitative estimate of drug-likeness (QED) is 0.293. The molecule has 0 bridgehead atoms. The second kappa shape index (κ2) is 7.17. The minimum absolute atomic E-state index is 0.0366. The summed E-state index contributed by atoms with van der Waals surface area (Å²) in [6.07, 6.45) is -0.891. The Labute approximate surface area is 164 Å². The molecular weight excluding hydrogens is 380 g/mol. The van der Waals surface area contributed by atoms with Gasteiger partial charge in [-0.3, -0.25) is 14.3 Å². The van der Waals surface area contributed by atoms with Crippen molar-refractivity contribution in [2.75, 3.05) is 6.61 Å². The summed E-state index contributed by atoms with van der Waals surface area (Å²) in [7, 11) is 1.54. The zero-order valence-electron chi connectivity index (χ0n) is 15.0. The van der Waals surface area contributed by atoms with Crippen molar-refractivity contribution in [3.05, 3.63) is 63.3 Å². The van der Waals surface area contributed by atoms with Crippen molar-refractivity contribution in [2.24, 2.45) is 7.05 Å². The number of aliphatic hydroxyl groups is 1. The maximum absolute atomic E-state index is 12.2. The van der Waals surface area contributed by atoms with Gasteiger partial charge in [0.25, 0.3) is 11.2 Å². The van der Waals surface area contributed by atoms with Crippen molar-refractivity contribution in [3.63, 3.8) is 0 Å². The van der Waals surface area contributed by atoms with Gasteiger partial charge < -0.3 is 9.84 Å². The standard InChI is InChI=1S/C19H18N4O4S/c1-22-16-15(17(25)21-18(22)26)23(19(28)20-16)9-13(24)10-27-14-7-6-11-4-2-3-5-12(11)8-14/h2-8,13,24H,9-10H2,1H3,(H2,20,21,25,26,28)/p+1. The molecule has 9 heteroatoms. The Morgan fingerprint density at radius 1 is 1.18 bits per heavy atom. The summed E-state index contributed by atoms with van der Waals surface area (Å²) >= 11 is 4.33. The number of benzene rings is 2. The van der Waals surface area contributed by atoms with Gasteiger partial charge in [-0.2, -0.15) is 0 Å². The predicted octanol–water partition coefficient (Wildman–Crippen LogP) is 0.724. The molecule has 1 unspecified atom stereocenters. The van der Waals surface area contributed by atoms with Crippen LogP contribution < -0.4 is 20.6 Å². The van der Waals surface area contributed by atoms with Crippen molar-refractivity contribution in [1.82, 2.24) is 14.5 Å². The fourth-order valence-corrected chi connectivity index (χ4v) is 3.46. The van der Waals surface area contributed by atoms with E-state index < -0.39 is 17.4 Å². The number of rotatable bonds is 5. The summed E-state index contributed by atoms with van der Waals surface area (Å²) < 4.78 is 8.51. The molecule has 4 rings (SSSR count). The maximum atomic E-state index is 12.2. The smallest absolute Gasteiger partial charge is 0.331 e. The molecule has 0 aliphatic heterocycles. The molecule has 0 amide bonds. The number of nitrogens with one attached hydrogen (secondary N) is 2. The molecule has 28 heavy (non-hydrogen) atoms. The van der Waals surface area contributed by atoms with E-state index in [1.807, 2.05) is 42.5 Å². The van der Waals surface area contributed by atoms with Crippen LogP contribution in [0.3, 0.4) is 0 Å². The zero-order valence-corrected chi connectivity index (χ0v) is 15.9. The topological polar surface area (TPSA) is 104 Å². The van der Waals surface area contributed by atoms with Gasteiger partial charge in [0.2, 0.25) is 0 Å². The third kappa shape index (κ3) is 3.30. The fraction of sp³-hybridized carbons (Fsp3) is 0.211. The molecule has 1 atom stereocenters. The highest BCUT2D eigenvalue weighted by atomic mass is 32.1. The summed E-state index contributed by atoms with van der Waals surface area (Å²) in [4.78, 5) is 29.1. The highest BCUT2D eigenvalue weighted by Crippen LogP contribution is 2.20. The van der Waals surface area contributed by atoms with E-state index in [1.54, 1.807) is 0 Å². The van der Waals surface area contributed by atoms with Crippen LogP contribution in [0, 0.1) is 0 Å². The number of aliphatic hydroxyl groups excluding tert-OH is 1. The molecule has 0 fully saturated rings. The molecule has 8 nitrogen and oxygen atoms in total. The minimum Gasteiger partial charge on any atom is -0.491 e. The molecule has 2 aromatic carbocycles. The first-order chi connectivity index (χ1) is 13.4. The Morgan fingerprint density at radius 2 is 1.93 bits per heavy atom. The van der Waals surface area contributed by atoms with E-state index in [-0.39, 0.29) is 18.7 Å². The molecule has 0 saturated carbocycles. The summed E-state index contributed by atoms with van der Waals surface area (Å²) in [5.74, 6) is 0.646. The van der Waals surface area contributed by atoms with Crippen molar-refractivity contribution in [1.29, 1.82) is 0 Å². The van der Waals surface area contributed by atoms with Crippen LogP contribution in [-0.2, 0) is 13.6 Å². The molecular formula is C19H19N4O4S+. The molecule has 4 aromatic rings. The normalized spacial score (nSPS) is 12.5. The zero-order chi connectivity index (χ0) is 19.8. The van der Waals surface area contributed by atoms with Crippen molar-refractivity contribution in [2.45, 2.75) is 17.8 Å². The Bertz CT molecular complexity index is 1290. The van der Waals surface area contributed by atoms with E-state index in [1.165, 1.54) is 16.2 Å². The average molecular weight is 399 g/mol. The number of hydrogen-bond acceptors (Lipinski definition) is 5. The van der Waals surface area contributed by atoms with Gasteiger partial charge in [-0.05, 0) is 22.9 Å². The van der Waals surface area contributed by atoms with Gasteiger partial charge in [0, 0.05) is 7.05 Å².